The van der Waals surface area contributed by atoms with Crippen LogP contribution < -0.4 is 5.32 Å². The molecule has 0 aliphatic heterocycles. The number of anilines is 1. The molecule has 0 bridgehead atoms. The molecule has 98 valence electrons. The molecule has 0 atom stereocenters. The van der Waals surface area contributed by atoms with Crippen molar-refractivity contribution < 1.29 is 4.92 Å². The van der Waals surface area contributed by atoms with Gasteiger partial charge in [0.25, 0.3) is 5.69 Å². The Morgan fingerprint density at radius 2 is 2.11 bits per heavy atom. The van der Waals surface area contributed by atoms with E-state index in [9.17, 15) is 10.1 Å². The van der Waals surface area contributed by atoms with Gasteiger partial charge in [-0.05, 0) is 31.7 Å². The van der Waals surface area contributed by atoms with Crippen molar-refractivity contribution in [3.05, 3.63) is 27.9 Å². The van der Waals surface area contributed by atoms with E-state index in [4.69, 9.17) is 0 Å². The predicted octanol–water partition coefficient (Wildman–Crippen LogP) is 3.29. The molecule has 1 aromatic rings. The van der Waals surface area contributed by atoms with Crippen LogP contribution in [0.1, 0.15) is 37.8 Å². The number of nitro groups is 1. The molecule has 18 heavy (non-hydrogen) atoms. The molecule has 2 rings (SSSR count). The monoisotopic (exact) mass is 249 g/mol. The maximum atomic E-state index is 10.7. The fourth-order valence-electron chi connectivity index (χ4n) is 2.49. The first-order valence-corrected chi connectivity index (χ1v) is 6.52. The van der Waals surface area contributed by atoms with Crippen molar-refractivity contribution in [2.45, 2.75) is 39.0 Å². The summed E-state index contributed by atoms with van der Waals surface area (Å²) in [5, 5.41) is 14.0. The van der Waals surface area contributed by atoms with Gasteiger partial charge in [0, 0.05) is 12.6 Å². The third kappa shape index (κ3) is 3.18. The van der Waals surface area contributed by atoms with E-state index >= 15 is 0 Å². The number of hydrogen-bond donors (Lipinski definition) is 1. The fourth-order valence-corrected chi connectivity index (χ4v) is 2.49. The smallest absolute Gasteiger partial charge is 0.290 e. The highest BCUT2D eigenvalue weighted by atomic mass is 16.6. The maximum Gasteiger partial charge on any atom is 0.290 e. The molecule has 0 amide bonds. The van der Waals surface area contributed by atoms with Gasteiger partial charge in [0.15, 0.2) is 0 Å². The lowest BCUT2D eigenvalue weighted by atomic mass is 9.89. The molecule has 1 aliphatic carbocycles. The zero-order valence-corrected chi connectivity index (χ0v) is 10.7. The first-order chi connectivity index (χ1) is 8.66. The lowest BCUT2D eigenvalue weighted by Gasteiger charge is -2.21. The highest BCUT2D eigenvalue weighted by molar-refractivity contribution is 5.44. The molecular formula is C13H19N3O2. The number of rotatable bonds is 4. The summed E-state index contributed by atoms with van der Waals surface area (Å²) >= 11 is 0. The molecule has 1 fully saturated rings. The van der Waals surface area contributed by atoms with Crippen molar-refractivity contribution >= 4 is 11.5 Å². The number of aryl methyl sites for hydroxylation is 1. The van der Waals surface area contributed by atoms with Gasteiger partial charge in [-0.3, -0.25) is 10.1 Å². The van der Waals surface area contributed by atoms with Gasteiger partial charge in [0.05, 0.1) is 4.92 Å². The van der Waals surface area contributed by atoms with Gasteiger partial charge in [-0.2, -0.15) is 0 Å². The third-order valence-electron chi connectivity index (χ3n) is 3.55. The van der Waals surface area contributed by atoms with Crippen molar-refractivity contribution in [3.63, 3.8) is 0 Å². The van der Waals surface area contributed by atoms with Crippen molar-refractivity contribution in [2.75, 3.05) is 11.9 Å². The summed E-state index contributed by atoms with van der Waals surface area (Å²) in [7, 11) is 0. The van der Waals surface area contributed by atoms with Crippen LogP contribution in [0.25, 0.3) is 0 Å². The van der Waals surface area contributed by atoms with Crippen molar-refractivity contribution in [1.82, 2.24) is 4.98 Å². The largest absolute Gasteiger partial charge is 0.370 e. The molecule has 1 heterocycles. The van der Waals surface area contributed by atoms with Crippen molar-refractivity contribution in [1.29, 1.82) is 0 Å². The summed E-state index contributed by atoms with van der Waals surface area (Å²) in [6, 6.07) is 3.21. The molecule has 0 aromatic carbocycles. The highest BCUT2D eigenvalue weighted by Crippen LogP contribution is 2.24. The van der Waals surface area contributed by atoms with Gasteiger partial charge >= 0.3 is 0 Å². The lowest BCUT2D eigenvalue weighted by molar-refractivity contribution is -0.385. The van der Waals surface area contributed by atoms with E-state index < -0.39 is 4.92 Å². The number of hydrogen-bond acceptors (Lipinski definition) is 4. The van der Waals surface area contributed by atoms with Gasteiger partial charge in [-0.25, -0.2) is 4.98 Å². The number of nitrogens with zero attached hydrogens (tertiary/aromatic N) is 2. The van der Waals surface area contributed by atoms with Crippen LogP contribution in [-0.2, 0) is 0 Å². The highest BCUT2D eigenvalue weighted by Gasteiger charge is 2.15. The molecule has 0 saturated heterocycles. The molecule has 0 radical (unpaired) electrons. The van der Waals surface area contributed by atoms with E-state index in [1.807, 2.05) is 0 Å². The van der Waals surface area contributed by atoms with E-state index in [-0.39, 0.29) is 5.69 Å². The lowest BCUT2D eigenvalue weighted by Crippen LogP contribution is -2.17. The Morgan fingerprint density at radius 1 is 1.39 bits per heavy atom. The van der Waals surface area contributed by atoms with Gasteiger partial charge < -0.3 is 5.32 Å². The SMILES string of the molecule is Cc1nc(NCC2CCCCC2)ccc1[N+](=O)[O-]. The second kappa shape index (κ2) is 5.80. The Labute approximate surface area is 107 Å². The summed E-state index contributed by atoms with van der Waals surface area (Å²) in [6.45, 7) is 2.59. The van der Waals surface area contributed by atoms with Gasteiger partial charge in [0.2, 0.25) is 0 Å². The van der Waals surface area contributed by atoms with Crippen LogP contribution in [0.4, 0.5) is 11.5 Å². The number of nitrogens with one attached hydrogen (secondary N) is 1. The fraction of sp³-hybridized carbons (Fsp3) is 0.615. The van der Waals surface area contributed by atoms with E-state index in [0.29, 0.717) is 5.69 Å². The minimum atomic E-state index is -0.396. The summed E-state index contributed by atoms with van der Waals surface area (Å²) in [4.78, 5) is 14.5. The summed E-state index contributed by atoms with van der Waals surface area (Å²) < 4.78 is 0. The van der Waals surface area contributed by atoms with Crippen LogP contribution >= 0.6 is 0 Å². The second-order valence-corrected chi connectivity index (χ2v) is 4.94. The first-order valence-electron chi connectivity index (χ1n) is 6.52. The third-order valence-corrected chi connectivity index (χ3v) is 3.55. The number of pyridine rings is 1. The van der Waals surface area contributed by atoms with Crippen molar-refractivity contribution in [2.24, 2.45) is 5.92 Å². The summed E-state index contributed by atoms with van der Waals surface area (Å²) in [6.07, 6.45) is 6.54. The van der Waals surface area contributed by atoms with Crippen LogP contribution in [0.3, 0.4) is 0 Å². The molecule has 5 heteroatoms. The Morgan fingerprint density at radius 3 is 2.72 bits per heavy atom. The Bertz CT molecular complexity index is 428. The topological polar surface area (TPSA) is 68.1 Å². The Kier molecular flexibility index (Phi) is 4.12. The molecule has 5 nitrogen and oxygen atoms in total. The standard InChI is InChI=1S/C13H19N3O2/c1-10-12(16(17)18)7-8-13(15-10)14-9-11-5-3-2-4-6-11/h7-8,11H,2-6,9H2,1H3,(H,14,15). The summed E-state index contributed by atoms with van der Waals surface area (Å²) in [5.74, 6) is 1.46. The van der Waals surface area contributed by atoms with E-state index in [1.165, 1.54) is 38.2 Å². The molecular weight excluding hydrogens is 230 g/mol. The van der Waals surface area contributed by atoms with Gasteiger partial charge in [-0.15, -0.1) is 0 Å². The zero-order valence-electron chi connectivity index (χ0n) is 10.7. The quantitative estimate of drug-likeness (QED) is 0.656. The molecule has 1 aromatic heterocycles. The molecule has 1 aliphatic rings. The van der Waals surface area contributed by atoms with Gasteiger partial charge in [0.1, 0.15) is 11.5 Å². The van der Waals surface area contributed by atoms with Crippen LogP contribution in [0.15, 0.2) is 12.1 Å². The Hall–Kier alpha value is -1.65. The van der Waals surface area contributed by atoms with Crippen molar-refractivity contribution in [3.8, 4) is 0 Å². The Balaban J connectivity index is 1.93. The maximum absolute atomic E-state index is 10.7. The number of aromatic nitrogens is 1. The van der Waals surface area contributed by atoms with E-state index in [2.05, 4.69) is 10.3 Å². The second-order valence-electron chi connectivity index (χ2n) is 4.94. The average Bonchev–Trinajstić information content (AvgIpc) is 2.37. The van der Waals surface area contributed by atoms with Crippen LogP contribution in [0.5, 0.6) is 0 Å². The minimum Gasteiger partial charge on any atom is -0.370 e. The van der Waals surface area contributed by atoms with Crippen LogP contribution in [0.2, 0.25) is 0 Å². The molecule has 0 unspecified atom stereocenters. The molecule has 1 saturated carbocycles. The van der Waals surface area contributed by atoms with Crippen LogP contribution in [-0.4, -0.2) is 16.5 Å². The van der Waals surface area contributed by atoms with E-state index in [1.54, 1.807) is 13.0 Å². The van der Waals surface area contributed by atoms with Crippen LogP contribution in [0, 0.1) is 23.0 Å². The van der Waals surface area contributed by atoms with Gasteiger partial charge in [-0.1, -0.05) is 19.3 Å². The van der Waals surface area contributed by atoms with E-state index in [0.717, 1.165) is 18.3 Å². The average molecular weight is 249 g/mol. The normalized spacial score (nSPS) is 16.5. The predicted molar refractivity (Wildman–Crippen MR) is 70.7 cm³/mol. The molecule has 1 N–H and O–H groups in total. The minimum absolute atomic E-state index is 0.0817. The molecule has 0 spiro atoms. The summed E-state index contributed by atoms with van der Waals surface area (Å²) in [5.41, 5.74) is 0.548. The zero-order chi connectivity index (χ0) is 13.0. The first kappa shape index (κ1) is 12.8.